The molecule has 2 nitrogen and oxygen atoms in total. The maximum atomic E-state index is 9.49. The second-order valence-electron chi connectivity index (χ2n) is 6.86. The number of quaternary nitrogens is 1. The minimum Gasteiger partial charge on any atom is -0.388 e. The zero-order valence-corrected chi connectivity index (χ0v) is 15.0. The van der Waals surface area contributed by atoms with Crippen LogP contribution in [-0.4, -0.2) is 41.8 Å². The van der Waals surface area contributed by atoms with Gasteiger partial charge >= 0.3 is 0 Å². The Morgan fingerprint density at radius 1 is 0.900 bits per heavy atom. The average Bonchev–Trinajstić information content (AvgIpc) is 2.35. The van der Waals surface area contributed by atoms with E-state index in [1.165, 1.54) is 57.8 Å². The van der Waals surface area contributed by atoms with E-state index in [2.05, 4.69) is 21.0 Å². The smallest absolute Gasteiger partial charge is 0.164 e. The van der Waals surface area contributed by atoms with Crippen LogP contribution in [0.5, 0.6) is 0 Å². The van der Waals surface area contributed by atoms with Crippen molar-refractivity contribution in [2.45, 2.75) is 89.7 Å². The summed E-state index contributed by atoms with van der Waals surface area (Å²) in [7, 11) is 4.22. The molecule has 1 N–H and O–H groups in total. The first-order valence-corrected chi connectivity index (χ1v) is 8.98. The van der Waals surface area contributed by atoms with Crippen molar-refractivity contribution in [1.29, 1.82) is 0 Å². The van der Waals surface area contributed by atoms with Gasteiger partial charge in [0.15, 0.2) is 5.50 Å². The van der Waals surface area contributed by atoms with Crippen molar-refractivity contribution in [1.82, 2.24) is 0 Å². The topological polar surface area (TPSA) is 20.2 Å². The van der Waals surface area contributed by atoms with E-state index in [0.717, 1.165) is 13.0 Å². The number of hydrogen-bond donors (Lipinski definition) is 1. The van der Waals surface area contributed by atoms with Gasteiger partial charge in [-0.3, -0.25) is 0 Å². The number of aliphatic hydroxyl groups is 1. The monoisotopic (exact) mass is 306 g/mol. The van der Waals surface area contributed by atoms with Crippen LogP contribution in [0.3, 0.4) is 0 Å². The van der Waals surface area contributed by atoms with Crippen LogP contribution >= 0.6 is 11.6 Å². The Bertz CT molecular complexity index is 219. The molecule has 0 aromatic carbocycles. The number of nitrogens with zero attached hydrogens (tertiary/aromatic N) is 1. The van der Waals surface area contributed by atoms with E-state index in [4.69, 9.17) is 11.6 Å². The fraction of sp³-hybridized carbons (Fsp3) is 1.00. The molecule has 20 heavy (non-hydrogen) atoms. The zero-order chi connectivity index (χ0) is 15.4. The summed E-state index contributed by atoms with van der Waals surface area (Å²) < 4.78 is 0.705. The highest BCUT2D eigenvalue weighted by molar-refractivity contribution is 6.19. The first kappa shape index (κ1) is 20.2. The second kappa shape index (κ2) is 11.8. The fourth-order valence-electron chi connectivity index (χ4n) is 2.77. The summed E-state index contributed by atoms with van der Waals surface area (Å²) in [5.41, 5.74) is 0.120. The number of unbranched alkanes of at least 4 members (excludes halogenated alkanes) is 8. The first-order valence-electron chi connectivity index (χ1n) is 8.55. The normalized spacial score (nSPS) is 15.3. The maximum Gasteiger partial charge on any atom is 0.164 e. The molecule has 0 bridgehead atoms. The third-order valence-corrected chi connectivity index (χ3v) is 4.79. The Balaban J connectivity index is 3.50. The Morgan fingerprint density at radius 3 is 1.80 bits per heavy atom. The molecule has 0 spiro atoms. The largest absolute Gasteiger partial charge is 0.388 e. The summed E-state index contributed by atoms with van der Waals surface area (Å²) in [6, 6.07) is 0. The Hall–Kier alpha value is 0.210. The number of alkyl halides is 1. The summed E-state index contributed by atoms with van der Waals surface area (Å²) in [5.74, 6) is 0. The molecule has 3 heteroatoms. The van der Waals surface area contributed by atoms with Gasteiger partial charge in [-0.15, -0.1) is 0 Å². The number of halogens is 1. The van der Waals surface area contributed by atoms with Crippen molar-refractivity contribution >= 4 is 11.6 Å². The molecule has 0 aromatic heterocycles. The van der Waals surface area contributed by atoms with Crippen LogP contribution in [0.15, 0.2) is 0 Å². The lowest BCUT2D eigenvalue weighted by molar-refractivity contribution is -0.905. The van der Waals surface area contributed by atoms with Crippen LogP contribution in [-0.2, 0) is 0 Å². The van der Waals surface area contributed by atoms with Crippen LogP contribution in [0, 0.1) is 0 Å². The molecule has 122 valence electrons. The van der Waals surface area contributed by atoms with E-state index in [1.807, 2.05) is 6.92 Å². The van der Waals surface area contributed by atoms with Gasteiger partial charge in [-0.1, -0.05) is 69.9 Å². The van der Waals surface area contributed by atoms with Gasteiger partial charge in [0.2, 0.25) is 0 Å². The van der Waals surface area contributed by atoms with Gasteiger partial charge in [0.25, 0.3) is 0 Å². The molecule has 0 heterocycles. The molecular formula is C17H37ClNO+. The molecule has 0 aliphatic heterocycles. The highest BCUT2D eigenvalue weighted by Crippen LogP contribution is 2.20. The predicted octanol–water partition coefficient (Wildman–Crippen LogP) is 4.93. The number of aliphatic hydroxyl groups excluding tert-OH is 1. The van der Waals surface area contributed by atoms with Gasteiger partial charge in [-0.25, -0.2) is 0 Å². The third kappa shape index (κ3) is 10.9. The van der Waals surface area contributed by atoms with Crippen molar-refractivity contribution in [3.05, 3.63) is 0 Å². The minimum atomic E-state index is -0.283. The van der Waals surface area contributed by atoms with Gasteiger partial charge in [0, 0.05) is 6.42 Å². The van der Waals surface area contributed by atoms with Gasteiger partial charge in [-0.05, 0) is 13.3 Å². The Morgan fingerprint density at radius 2 is 1.35 bits per heavy atom. The lowest BCUT2D eigenvalue weighted by Crippen LogP contribution is -2.49. The SMILES string of the molecule is CCCCCCCCCCCC(Cl)[N+](C)(C)CC(C)O. The molecule has 0 radical (unpaired) electrons. The Kier molecular flexibility index (Phi) is 11.9. The van der Waals surface area contributed by atoms with E-state index in [0.29, 0.717) is 4.48 Å². The van der Waals surface area contributed by atoms with Crippen molar-refractivity contribution in [2.75, 3.05) is 20.6 Å². The standard InChI is InChI=1S/C17H37ClNO/c1-5-6-7-8-9-10-11-12-13-14-17(18)19(3,4)15-16(2)20/h16-17,20H,5-15H2,1-4H3/q+1. The minimum absolute atomic E-state index is 0.120. The molecule has 0 fully saturated rings. The summed E-state index contributed by atoms with van der Waals surface area (Å²) in [5, 5.41) is 9.49. The highest BCUT2D eigenvalue weighted by atomic mass is 35.5. The highest BCUT2D eigenvalue weighted by Gasteiger charge is 2.26. The molecule has 0 rings (SSSR count). The van der Waals surface area contributed by atoms with E-state index in [9.17, 15) is 5.11 Å². The van der Waals surface area contributed by atoms with Crippen LogP contribution in [0.1, 0.15) is 78.1 Å². The quantitative estimate of drug-likeness (QED) is 0.221. The van der Waals surface area contributed by atoms with E-state index in [1.54, 1.807) is 0 Å². The number of hydrogen-bond acceptors (Lipinski definition) is 1. The third-order valence-electron chi connectivity index (χ3n) is 4.04. The maximum absolute atomic E-state index is 9.49. The first-order chi connectivity index (χ1) is 9.40. The van der Waals surface area contributed by atoms with E-state index in [-0.39, 0.29) is 11.6 Å². The van der Waals surface area contributed by atoms with Crippen molar-refractivity contribution < 1.29 is 9.59 Å². The van der Waals surface area contributed by atoms with Gasteiger partial charge in [-0.2, -0.15) is 0 Å². The second-order valence-corrected chi connectivity index (χ2v) is 7.37. The summed E-state index contributed by atoms with van der Waals surface area (Å²) >= 11 is 6.47. The van der Waals surface area contributed by atoms with Crippen LogP contribution in [0.2, 0.25) is 0 Å². The molecule has 0 amide bonds. The van der Waals surface area contributed by atoms with Gasteiger partial charge in [0.1, 0.15) is 12.6 Å². The number of likely N-dealkylation sites (N-methyl/N-ethyl adjacent to an activating group) is 1. The van der Waals surface area contributed by atoms with Crippen LogP contribution < -0.4 is 0 Å². The Labute approximate surface area is 132 Å². The van der Waals surface area contributed by atoms with Crippen LogP contribution in [0.25, 0.3) is 0 Å². The van der Waals surface area contributed by atoms with E-state index >= 15 is 0 Å². The molecule has 0 saturated carbocycles. The lowest BCUT2D eigenvalue weighted by atomic mass is 10.1. The van der Waals surface area contributed by atoms with Gasteiger partial charge < -0.3 is 9.59 Å². The lowest BCUT2D eigenvalue weighted by Gasteiger charge is -2.35. The molecule has 0 aliphatic carbocycles. The predicted molar refractivity (Wildman–Crippen MR) is 90.1 cm³/mol. The summed E-state index contributed by atoms with van der Waals surface area (Å²) in [6.07, 6.45) is 12.9. The molecule has 2 unspecified atom stereocenters. The summed E-state index contributed by atoms with van der Waals surface area (Å²) in [6.45, 7) is 4.83. The number of rotatable bonds is 13. The van der Waals surface area contributed by atoms with Crippen LogP contribution in [0.4, 0.5) is 0 Å². The molecule has 2 atom stereocenters. The molecule has 0 aliphatic rings. The molecular weight excluding hydrogens is 270 g/mol. The average molecular weight is 307 g/mol. The zero-order valence-electron chi connectivity index (χ0n) is 14.2. The van der Waals surface area contributed by atoms with Crippen molar-refractivity contribution in [3.63, 3.8) is 0 Å². The fourth-order valence-corrected chi connectivity index (χ4v) is 3.00. The summed E-state index contributed by atoms with van der Waals surface area (Å²) in [4.78, 5) is 0. The van der Waals surface area contributed by atoms with Crippen molar-refractivity contribution in [3.8, 4) is 0 Å². The van der Waals surface area contributed by atoms with Crippen molar-refractivity contribution in [2.24, 2.45) is 0 Å². The molecule has 0 saturated heterocycles. The molecule has 0 aromatic rings. The van der Waals surface area contributed by atoms with E-state index < -0.39 is 0 Å². The van der Waals surface area contributed by atoms with Gasteiger partial charge in [0.05, 0.1) is 14.1 Å².